The number of nitrogens with two attached hydrogens (primary N) is 3. The second-order valence-electron chi connectivity index (χ2n) is 9.66. The molecular formula is C26H37N9O8. The van der Waals surface area contributed by atoms with E-state index in [0.717, 1.165) is 0 Å². The van der Waals surface area contributed by atoms with Crippen LogP contribution in [-0.2, 0) is 36.8 Å². The number of aliphatic imine (C=N–C) groups is 1. The number of aliphatic carboxylic acids is 2. The topological polar surface area (TPSA) is 301 Å². The average Bonchev–Trinajstić information content (AvgIpc) is 3.45. The molecule has 0 radical (unpaired) electrons. The molecule has 1 heterocycles. The van der Waals surface area contributed by atoms with Crippen LogP contribution in [0.2, 0.25) is 0 Å². The van der Waals surface area contributed by atoms with Crippen molar-refractivity contribution >= 4 is 35.6 Å². The fraction of sp³-hybridized carbons (Fsp3) is 0.423. The Bertz CT molecular complexity index is 1260. The summed E-state index contributed by atoms with van der Waals surface area (Å²) in [5, 5.41) is 35.7. The van der Waals surface area contributed by atoms with Crippen molar-refractivity contribution in [1.29, 1.82) is 0 Å². The van der Waals surface area contributed by atoms with Crippen LogP contribution in [-0.4, -0.2) is 91.6 Å². The number of nitrogens with zero attached hydrogens (tertiary/aromatic N) is 2. The summed E-state index contributed by atoms with van der Waals surface area (Å²) in [4.78, 5) is 72.9. The van der Waals surface area contributed by atoms with Crippen LogP contribution in [0, 0.1) is 0 Å². The number of nitrogens with one attached hydrogen (secondary N) is 4. The highest BCUT2D eigenvalue weighted by Gasteiger charge is 2.30. The van der Waals surface area contributed by atoms with Gasteiger partial charge in [-0.05, 0) is 37.0 Å². The quantitative estimate of drug-likeness (QED) is 0.0488. The van der Waals surface area contributed by atoms with Crippen molar-refractivity contribution in [3.8, 4) is 5.75 Å². The van der Waals surface area contributed by atoms with Gasteiger partial charge >= 0.3 is 11.9 Å². The minimum atomic E-state index is -1.39. The van der Waals surface area contributed by atoms with E-state index < -0.39 is 60.2 Å². The van der Waals surface area contributed by atoms with E-state index >= 15 is 0 Å². The predicted molar refractivity (Wildman–Crippen MR) is 152 cm³/mol. The molecule has 0 aliphatic heterocycles. The monoisotopic (exact) mass is 603 g/mol. The molecule has 13 N–H and O–H groups in total. The number of rotatable bonds is 18. The summed E-state index contributed by atoms with van der Waals surface area (Å²) < 4.78 is 0. The van der Waals surface area contributed by atoms with Crippen molar-refractivity contribution in [3.63, 3.8) is 0 Å². The molecule has 1 aromatic heterocycles. The molecule has 0 saturated heterocycles. The van der Waals surface area contributed by atoms with Crippen LogP contribution in [0.5, 0.6) is 5.75 Å². The first-order valence-corrected chi connectivity index (χ1v) is 13.3. The molecule has 3 amide bonds. The first-order valence-electron chi connectivity index (χ1n) is 13.3. The first kappa shape index (κ1) is 34.0. The fourth-order valence-corrected chi connectivity index (χ4v) is 3.93. The molecule has 17 heteroatoms. The first-order chi connectivity index (χ1) is 20.3. The zero-order chi connectivity index (χ0) is 31.9. The maximum Gasteiger partial charge on any atom is 0.326 e. The van der Waals surface area contributed by atoms with Crippen molar-refractivity contribution < 1.29 is 39.3 Å². The minimum Gasteiger partial charge on any atom is -0.508 e. The van der Waals surface area contributed by atoms with E-state index in [2.05, 4.69) is 30.9 Å². The summed E-state index contributed by atoms with van der Waals surface area (Å²) in [5.74, 6) is -5.24. The van der Waals surface area contributed by atoms with Gasteiger partial charge in [-0.1, -0.05) is 12.1 Å². The molecule has 2 aromatic rings. The number of carbonyl (C=O) groups is 5. The lowest BCUT2D eigenvalue weighted by atomic mass is 10.0. The Labute approximate surface area is 246 Å². The van der Waals surface area contributed by atoms with Gasteiger partial charge in [-0.3, -0.25) is 24.2 Å². The molecule has 0 fully saturated rings. The number of H-pyrrole nitrogens is 1. The van der Waals surface area contributed by atoms with Gasteiger partial charge in [0, 0.05) is 37.7 Å². The van der Waals surface area contributed by atoms with Crippen molar-refractivity contribution in [1.82, 2.24) is 25.9 Å². The summed E-state index contributed by atoms with van der Waals surface area (Å²) in [6.07, 6.45) is 2.19. The van der Waals surface area contributed by atoms with E-state index in [0.29, 0.717) is 11.3 Å². The van der Waals surface area contributed by atoms with Gasteiger partial charge in [-0.2, -0.15) is 0 Å². The van der Waals surface area contributed by atoms with E-state index in [9.17, 15) is 34.2 Å². The third-order valence-corrected chi connectivity index (χ3v) is 6.18. The Morgan fingerprint density at radius 2 is 1.49 bits per heavy atom. The molecule has 2 rings (SSSR count). The predicted octanol–water partition coefficient (Wildman–Crippen LogP) is -2.31. The molecule has 43 heavy (non-hydrogen) atoms. The van der Waals surface area contributed by atoms with E-state index in [1.165, 1.54) is 36.8 Å². The van der Waals surface area contributed by atoms with Gasteiger partial charge in [0.1, 0.15) is 23.9 Å². The molecule has 1 aromatic carbocycles. The number of guanidine groups is 1. The van der Waals surface area contributed by atoms with Gasteiger partial charge < -0.3 is 53.5 Å². The largest absolute Gasteiger partial charge is 0.508 e. The number of hydrogen-bond donors (Lipinski definition) is 10. The van der Waals surface area contributed by atoms with Crippen molar-refractivity contribution in [2.75, 3.05) is 6.54 Å². The number of aromatic hydroxyl groups is 1. The van der Waals surface area contributed by atoms with Crippen LogP contribution in [0.3, 0.4) is 0 Å². The Morgan fingerprint density at radius 1 is 0.884 bits per heavy atom. The standard InChI is InChI=1S/C26H37N9O8/c27-17(11-15-12-30-13-32-15)22(39)33-19(7-8-21(37)38)24(41)34-18(2-1-9-31-26(28)29)23(40)35-20(25(42)43)10-14-3-5-16(36)6-4-14/h3-6,12-13,17-20,36H,1-2,7-11,27H2,(H,30,32)(H,33,39)(H,34,41)(H,35,40)(H,37,38)(H,42,43)(H4,28,29,31). The fourth-order valence-electron chi connectivity index (χ4n) is 3.93. The van der Waals surface area contributed by atoms with Gasteiger partial charge in [0.15, 0.2) is 5.96 Å². The van der Waals surface area contributed by atoms with E-state index in [1.807, 2.05) is 0 Å². The number of carboxylic acids is 2. The maximum absolute atomic E-state index is 13.3. The molecular weight excluding hydrogens is 566 g/mol. The molecule has 4 atom stereocenters. The number of benzene rings is 1. The van der Waals surface area contributed by atoms with Gasteiger partial charge in [-0.15, -0.1) is 0 Å². The molecule has 0 aliphatic rings. The molecule has 0 saturated carbocycles. The van der Waals surface area contributed by atoms with Gasteiger partial charge in [0.2, 0.25) is 17.7 Å². The number of amides is 3. The van der Waals surface area contributed by atoms with Crippen LogP contribution in [0.1, 0.15) is 36.9 Å². The molecule has 0 aliphatic carbocycles. The minimum absolute atomic E-state index is 0.0185. The SMILES string of the molecule is NC(N)=NCCCC(NC(=O)C(CCC(=O)O)NC(=O)C(N)Cc1cnc[nH]1)C(=O)NC(Cc1ccc(O)cc1)C(=O)O. The van der Waals surface area contributed by atoms with E-state index in [4.69, 9.17) is 22.3 Å². The Balaban J connectivity index is 2.19. The maximum atomic E-state index is 13.3. The zero-order valence-corrected chi connectivity index (χ0v) is 23.2. The Kier molecular flexibility index (Phi) is 13.4. The lowest BCUT2D eigenvalue weighted by Crippen LogP contribution is -2.57. The molecule has 234 valence electrons. The number of hydrogen-bond acceptors (Lipinski definition) is 9. The number of carbonyl (C=O) groups excluding carboxylic acids is 3. The molecule has 17 nitrogen and oxygen atoms in total. The van der Waals surface area contributed by atoms with Crippen molar-refractivity contribution in [2.24, 2.45) is 22.2 Å². The Morgan fingerprint density at radius 3 is 2.05 bits per heavy atom. The number of imidazole rings is 1. The van der Waals surface area contributed by atoms with E-state index in [1.54, 1.807) is 0 Å². The Hall–Kier alpha value is -5.19. The smallest absolute Gasteiger partial charge is 0.326 e. The molecule has 0 bridgehead atoms. The lowest BCUT2D eigenvalue weighted by Gasteiger charge is -2.25. The number of aromatic nitrogens is 2. The van der Waals surface area contributed by atoms with Crippen LogP contribution in [0.4, 0.5) is 0 Å². The highest BCUT2D eigenvalue weighted by Crippen LogP contribution is 2.12. The third-order valence-electron chi connectivity index (χ3n) is 6.18. The number of aromatic amines is 1. The number of carboxylic acid groups (broad SMARTS) is 2. The summed E-state index contributed by atoms with van der Waals surface area (Å²) in [7, 11) is 0. The number of phenolic OH excluding ortho intramolecular Hbond substituents is 1. The molecule has 0 spiro atoms. The average molecular weight is 604 g/mol. The summed E-state index contributed by atoms with van der Waals surface area (Å²) in [6, 6.07) is 0.567. The van der Waals surface area contributed by atoms with E-state index in [-0.39, 0.29) is 50.4 Å². The van der Waals surface area contributed by atoms with Crippen LogP contribution in [0.15, 0.2) is 41.8 Å². The van der Waals surface area contributed by atoms with Gasteiger partial charge in [0.25, 0.3) is 0 Å². The van der Waals surface area contributed by atoms with Crippen LogP contribution < -0.4 is 33.2 Å². The second-order valence-corrected chi connectivity index (χ2v) is 9.66. The highest BCUT2D eigenvalue weighted by molar-refractivity contribution is 5.94. The summed E-state index contributed by atoms with van der Waals surface area (Å²) in [5.41, 5.74) is 17.7. The second kappa shape index (κ2) is 16.9. The molecule has 4 unspecified atom stereocenters. The normalized spacial score (nSPS) is 13.5. The van der Waals surface area contributed by atoms with Gasteiger partial charge in [0.05, 0.1) is 12.4 Å². The zero-order valence-electron chi connectivity index (χ0n) is 23.2. The number of phenols is 1. The van der Waals surface area contributed by atoms with Crippen molar-refractivity contribution in [3.05, 3.63) is 48.0 Å². The lowest BCUT2D eigenvalue weighted by molar-refractivity contribution is -0.142. The van der Waals surface area contributed by atoms with Crippen LogP contribution >= 0.6 is 0 Å². The summed E-state index contributed by atoms with van der Waals surface area (Å²) in [6.45, 7) is 0.0967. The van der Waals surface area contributed by atoms with Crippen LogP contribution in [0.25, 0.3) is 0 Å². The van der Waals surface area contributed by atoms with Gasteiger partial charge in [-0.25, -0.2) is 9.78 Å². The highest BCUT2D eigenvalue weighted by atomic mass is 16.4. The van der Waals surface area contributed by atoms with Crippen molar-refractivity contribution in [2.45, 2.75) is 62.7 Å². The third kappa shape index (κ3) is 12.5. The summed E-state index contributed by atoms with van der Waals surface area (Å²) >= 11 is 0.